The highest BCUT2D eigenvalue weighted by molar-refractivity contribution is 5.99. The fraction of sp³-hybridized carbons (Fsp3) is 0.800. The number of nitrogens with one attached hydrogen (secondary N) is 1. The Balaban J connectivity index is 1.84. The summed E-state index contributed by atoms with van der Waals surface area (Å²) in [7, 11) is 2.05. The van der Waals surface area contributed by atoms with Gasteiger partial charge in [-0.2, -0.15) is 0 Å². The number of ether oxygens (including phenoxy) is 1. The molecule has 2 fully saturated rings. The highest BCUT2D eigenvalue weighted by atomic mass is 16.5. The predicted octanol–water partition coefficient (Wildman–Crippen LogP) is -1.72. The largest absolute Gasteiger partial charge is 0.374 e. The highest BCUT2D eigenvalue weighted by Gasteiger charge is 2.26. The van der Waals surface area contributed by atoms with E-state index in [2.05, 4.69) is 10.2 Å². The first-order chi connectivity index (χ1) is 7.63. The van der Waals surface area contributed by atoms with E-state index in [9.17, 15) is 9.59 Å². The number of hydrogen-bond acceptors (Lipinski definition) is 5. The van der Waals surface area contributed by atoms with Crippen LogP contribution in [0.5, 0.6) is 0 Å². The Bertz CT molecular complexity index is 279. The molecule has 1 unspecified atom stereocenters. The summed E-state index contributed by atoms with van der Waals surface area (Å²) >= 11 is 0. The maximum Gasteiger partial charge on any atom is 0.240 e. The summed E-state index contributed by atoms with van der Waals surface area (Å²) in [6, 6.07) is 0. The Hall–Kier alpha value is -0.980. The lowest BCUT2D eigenvalue weighted by Gasteiger charge is -2.34. The molecule has 6 heteroatoms. The quantitative estimate of drug-likeness (QED) is 0.568. The molecule has 0 aromatic heterocycles. The second-order valence-corrected chi connectivity index (χ2v) is 4.40. The fourth-order valence-corrected chi connectivity index (χ4v) is 2.09. The second kappa shape index (κ2) is 4.90. The van der Waals surface area contributed by atoms with Crippen LogP contribution in [0, 0.1) is 0 Å². The molecule has 0 saturated carbocycles. The zero-order valence-corrected chi connectivity index (χ0v) is 9.44. The Labute approximate surface area is 94.5 Å². The minimum Gasteiger partial charge on any atom is -0.374 e. The molecule has 0 spiro atoms. The van der Waals surface area contributed by atoms with Crippen LogP contribution < -0.4 is 5.32 Å². The standard InChI is InChI=1S/C10H17N3O3/c1-12-2-3-16-8(4-12)5-13-6-9(14)11-10(15)7-13/h8H,2-7H2,1H3,(H,11,14,15). The number of carbonyl (C=O) groups excluding carboxylic acids is 2. The van der Waals surface area contributed by atoms with Crippen molar-refractivity contribution in [3.63, 3.8) is 0 Å². The van der Waals surface area contributed by atoms with Crippen molar-refractivity contribution in [2.45, 2.75) is 6.10 Å². The Kier molecular flexibility index (Phi) is 3.52. The first-order valence-corrected chi connectivity index (χ1v) is 5.48. The molecule has 2 amide bonds. The number of carbonyl (C=O) groups is 2. The van der Waals surface area contributed by atoms with Crippen LogP contribution >= 0.6 is 0 Å². The van der Waals surface area contributed by atoms with Gasteiger partial charge in [-0.3, -0.25) is 19.8 Å². The molecule has 1 atom stereocenters. The van der Waals surface area contributed by atoms with E-state index in [1.54, 1.807) is 0 Å². The van der Waals surface area contributed by atoms with Gasteiger partial charge in [0.15, 0.2) is 0 Å². The molecule has 16 heavy (non-hydrogen) atoms. The van der Waals surface area contributed by atoms with Gasteiger partial charge in [-0.25, -0.2) is 0 Å². The van der Waals surface area contributed by atoms with Gasteiger partial charge in [0.25, 0.3) is 0 Å². The topological polar surface area (TPSA) is 61.9 Å². The van der Waals surface area contributed by atoms with Crippen molar-refractivity contribution in [3.8, 4) is 0 Å². The molecule has 0 radical (unpaired) electrons. The average Bonchev–Trinajstić information content (AvgIpc) is 2.15. The SMILES string of the molecule is CN1CCOC(CN2CC(=O)NC(=O)C2)C1. The van der Waals surface area contributed by atoms with Crippen molar-refractivity contribution < 1.29 is 14.3 Å². The number of rotatable bonds is 2. The van der Waals surface area contributed by atoms with Gasteiger partial charge in [0.2, 0.25) is 11.8 Å². The summed E-state index contributed by atoms with van der Waals surface area (Å²) in [6.45, 7) is 3.73. The van der Waals surface area contributed by atoms with Crippen molar-refractivity contribution in [1.29, 1.82) is 0 Å². The van der Waals surface area contributed by atoms with Crippen LogP contribution in [-0.4, -0.2) is 74.1 Å². The molecule has 1 N–H and O–H groups in total. The first kappa shape index (κ1) is 11.5. The lowest BCUT2D eigenvalue weighted by molar-refractivity contribution is -0.137. The summed E-state index contributed by atoms with van der Waals surface area (Å²) in [5.74, 6) is -0.444. The zero-order valence-electron chi connectivity index (χ0n) is 9.44. The average molecular weight is 227 g/mol. The number of amides is 2. The van der Waals surface area contributed by atoms with Crippen LogP contribution in [0.3, 0.4) is 0 Å². The van der Waals surface area contributed by atoms with Crippen LogP contribution in [0.1, 0.15) is 0 Å². The van der Waals surface area contributed by atoms with Gasteiger partial charge >= 0.3 is 0 Å². The van der Waals surface area contributed by atoms with E-state index >= 15 is 0 Å². The summed E-state index contributed by atoms with van der Waals surface area (Å²) in [4.78, 5) is 26.4. The van der Waals surface area contributed by atoms with Crippen LogP contribution in [0.2, 0.25) is 0 Å². The molecule has 0 aromatic carbocycles. The van der Waals surface area contributed by atoms with Crippen LogP contribution in [0.25, 0.3) is 0 Å². The van der Waals surface area contributed by atoms with E-state index < -0.39 is 0 Å². The minimum absolute atomic E-state index is 0.0949. The third kappa shape index (κ3) is 3.01. The molecule has 0 bridgehead atoms. The zero-order chi connectivity index (χ0) is 11.5. The van der Waals surface area contributed by atoms with Crippen molar-refractivity contribution in [3.05, 3.63) is 0 Å². The maximum absolute atomic E-state index is 11.2. The maximum atomic E-state index is 11.2. The molecule has 90 valence electrons. The third-order valence-electron chi connectivity index (χ3n) is 2.82. The number of imide groups is 1. The van der Waals surface area contributed by atoms with Crippen molar-refractivity contribution >= 4 is 11.8 Å². The van der Waals surface area contributed by atoms with Crippen LogP contribution in [0.4, 0.5) is 0 Å². The summed E-state index contributed by atoms with van der Waals surface area (Å²) < 4.78 is 5.60. The Morgan fingerprint density at radius 3 is 2.69 bits per heavy atom. The molecular weight excluding hydrogens is 210 g/mol. The number of likely N-dealkylation sites (N-methyl/N-ethyl adjacent to an activating group) is 1. The van der Waals surface area contributed by atoms with Gasteiger partial charge in [0.1, 0.15) is 0 Å². The summed E-state index contributed by atoms with van der Waals surface area (Å²) in [6.07, 6.45) is 0.0949. The number of nitrogens with zero attached hydrogens (tertiary/aromatic N) is 2. The van der Waals surface area contributed by atoms with Gasteiger partial charge in [0.05, 0.1) is 25.8 Å². The number of piperazine rings is 1. The van der Waals surface area contributed by atoms with Crippen molar-refractivity contribution in [2.24, 2.45) is 0 Å². The van der Waals surface area contributed by atoms with E-state index in [0.29, 0.717) is 6.54 Å². The van der Waals surface area contributed by atoms with Crippen molar-refractivity contribution in [2.75, 3.05) is 46.4 Å². The first-order valence-electron chi connectivity index (χ1n) is 5.48. The molecule has 2 aliphatic heterocycles. The van der Waals surface area contributed by atoms with Gasteiger partial charge in [-0.1, -0.05) is 0 Å². The van der Waals surface area contributed by atoms with Crippen LogP contribution in [-0.2, 0) is 14.3 Å². The van der Waals surface area contributed by atoms with E-state index in [0.717, 1.165) is 19.7 Å². The van der Waals surface area contributed by atoms with Gasteiger partial charge < -0.3 is 9.64 Å². The molecule has 2 aliphatic rings. The normalized spacial score (nSPS) is 29.2. The number of hydrogen-bond donors (Lipinski definition) is 1. The lowest BCUT2D eigenvalue weighted by Crippen LogP contribution is -2.55. The summed E-state index contributed by atoms with van der Waals surface area (Å²) in [5, 5.41) is 2.28. The van der Waals surface area contributed by atoms with E-state index in [1.807, 2.05) is 11.9 Å². The lowest BCUT2D eigenvalue weighted by atomic mass is 10.2. The van der Waals surface area contributed by atoms with Crippen LogP contribution in [0.15, 0.2) is 0 Å². The Morgan fingerprint density at radius 2 is 2.06 bits per heavy atom. The van der Waals surface area contributed by atoms with E-state index in [1.165, 1.54) is 0 Å². The van der Waals surface area contributed by atoms with E-state index in [-0.39, 0.29) is 31.0 Å². The molecule has 6 nitrogen and oxygen atoms in total. The molecule has 2 saturated heterocycles. The third-order valence-corrected chi connectivity index (χ3v) is 2.82. The minimum atomic E-state index is -0.222. The molecular formula is C10H17N3O3. The molecule has 2 rings (SSSR count). The summed E-state index contributed by atoms with van der Waals surface area (Å²) in [5.41, 5.74) is 0. The van der Waals surface area contributed by atoms with Gasteiger partial charge in [-0.05, 0) is 7.05 Å². The monoisotopic (exact) mass is 227 g/mol. The fourth-order valence-electron chi connectivity index (χ4n) is 2.09. The highest BCUT2D eigenvalue weighted by Crippen LogP contribution is 2.06. The molecule has 0 aromatic rings. The van der Waals surface area contributed by atoms with E-state index in [4.69, 9.17) is 4.74 Å². The van der Waals surface area contributed by atoms with Gasteiger partial charge in [-0.15, -0.1) is 0 Å². The second-order valence-electron chi connectivity index (χ2n) is 4.40. The smallest absolute Gasteiger partial charge is 0.240 e. The van der Waals surface area contributed by atoms with Gasteiger partial charge in [0, 0.05) is 19.6 Å². The molecule has 2 heterocycles. The predicted molar refractivity (Wildman–Crippen MR) is 56.8 cm³/mol. The molecule has 0 aliphatic carbocycles. The van der Waals surface area contributed by atoms with Crippen molar-refractivity contribution in [1.82, 2.24) is 15.1 Å². The number of morpholine rings is 1. The Morgan fingerprint density at radius 1 is 1.38 bits per heavy atom.